The summed E-state index contributed by atoms with van der Waals surface area (Å²) in [7, 11) is 4.49. The van der Waals surface area contributed by atoms with Gasteiger partial charge in [-0.1, -0.05) is 25.1 Å². The van der Waals surface area contributed by atoms with E-state index in [2.05, 4.69) is 71.0 Å². The molecule has 0 aliphatic heterocycles. The van der Waals surface area contributed by atoms with Gasteiger partial charge in [-0.05, 0) is 0 Å². The van der Waals surface area contributed by atoms with E-state index in [4.69, 9.17) is 0 Å². The maximum atomic E-state index is 4.49. The molecule has 2 heteroatoms. The Hall–Kier alpha value is -0.348. The van der Waals surface area contributed by atoms with Crippen molar-refractivity contribution in [2.24, 2.45) is 0 Å². The number of hydrogen-bond donors (Lipinski definition) is 0. The molecule has 0 bridgehead atoms. The van der Waals surface area contributed by atoms with Crippen LogP contribution < -0.4 is 0 Å². The van der Waals surface area contributed by atoms with E-state index >= 15 is 0 Å². The van der Waals surface area contributed by atoms with Crippen molar-refractivity contribution < 1.29 is 18.2 Å². The van der Waals surface area contributed by atoms with Crippen LogP contribution in [0.4, 0.5) is 0 Å². The van der Waals surface area contributed by atoms with E-state index in [0.717, 1.165) is 0 Å². The molecule has 0 spiro atoms. The van der Waals surface area contributed by atoms with Gasteiger partial charge in [0.2, 0.25) is 0 Å². The van der Waals surface area contributed by atoms with Crippen molar-refractivity contribution >= 4 is 20.3 Å². The summed E-state index contributed by atoms with van der Waals surface area (Å²) >= 11 is 2.22. The second-order valence-electron chi connectivity index (χ2n) is 2.69. The molecule has 0 amide bonds. The van der Waals surface area contributed by atoms with Crippen molar-refractivity contribution in [2.45, 2.75) is 6.92 Å². The maximum absolute atomic E-state index is 4.49. The van der Waals surface area contributed by atoms with Gasteiger partial charge < -0.3 is 0 Å². The van der Waals surface area contributed by atoms with Crippen LogP contribution in [0.15, 0.2) is 36.4 Å². The third kappa shape index (κ3) is 2.55. The van der Waals surface area contributed by atoms with Crippen LogP contribution in [0.25, 0.3) is 10.8 Å². The predicted octanol–water partition coefficient (Wildman–Crippen LogP) is 3.64. The van der Waals surface area contributed by atoms with Crippen molar-refractivity contribution in [3.8, 4) is 0 Å². The van der Waals surface area contributed by atoms with Gasteiger partial charge in [0.25, 0.3) is 0 Å². The minimum atomic E-state index is 1.23. The third-order valence-corrected chi connectivity index (χ3v) is 1.93. The van der Waals surface area contributed by atoms with Gasteiger partial charge in [0.1, 0.15) is 0 Å². The first-order valence-electron chi connectivity index (χ1n) is 3.86. The molecule has 0 radical (unpaired) electrons. The summed E-state index contributed by atoms with van der Waals surface area (Å²) in [6, 6.07) is 15.6. The zero-order valence-corrected chi connectivity index (χ0v) is 9.47. The van der Waals surface area contributed by atoms with Crippen LogP contribution >= 0.6 is 9.53 Å². The second-order valence-corrected chi connectivity index (χ2v) is 2.69. The molecule has 2 aromatic rings. The molecule has 0 aliphatic rings. The number of aryl methyl sites for hydroxylation is 1. The molecular formula is C11H9ClPd. The molecular weight excluding hydrogens is 274 g/mol. The summed E-state index contributed by atoms with van der Waals surface area (Å²) < 4.78 is 0. The Morgan fingerprint density at radius 1 is 1.15 bits per heavy atom. The van der Waals surface area contributed by atoms with E-state index in [-0.39, 0.29) is 0 Å². The molecule has 0 heterocycles. The first-order valence-corrected chi connectivity index (χ1v) is 5.86. The molecule has 0 saturated heterocycles. The van der Waals surface area contributed by atoms with Gasteiger partial charge in [0.05, 0.1) is 0 Å². The standard InChI is InChI=1S/C11H9.ClH.Pd/c1-9-5-4-7-10-6-2-3-8-11(9)10;;/h2-4,6-8H,1H3;1H;/q-1;;+2/p-1. The van der Waals surface area contributed by atoms with Crippen molar-refractivity contribution in [3.05, 3.63) is 48.0 Å². The SMILES string of the molecule is Cc1[c-]ccc2ccccc12.[Cl][Pd+]. The average molecular weight is 283 g/mol. The summed E-state index contributed by atoms with van der Waals surface area (Å²) in [4.78, 5) is 0. The molecule has 2 rings (SSSR count). The summed E-state index contributed by atoms with van der Waals surface area (Å²) in [6.45, 7) is 2.09. The van der Waals surface area contributed by atoms with Gasteiger partial charge in [-0.25, -0.2) is 0 Å². The summed E-state index contributed by atoms with van der Waals surface area (Å²) in [6.07, 6.45) is 0. The van der Waals surface area contributed by atoms with E-state index in [1.807, 2.05) is 6.07 Å². The normalized spacial score (nSPS) is 9.23. The fourth-order valence-corrected chi connectivity index (χ4v) is 1.32. The average Bonchev–Trinajstić information content (AvgIpc) is 2.22. The number of benzene rings is 2. The molecule has 0 unspecified atom stereocenters. The van der Waals surface area contributed by atoms with Gasteiger partial charge in [-0.2, -0.15) is 23.8 Å². The Balaban J connectivity index is 0.000000396. The first-order chi connectivity index (χ1) is 6.38. The molecule has 0 nitrogen and oxygen atoms in total. The van der Waals surface area contributed by atoms with Gasteiger partial charge in [0.15, 0.2) is 0 Å². The topological polar surface area (TPSA) is 0 Å². The molecule has 0 aliphatic carbocycles. The van der Waals surface area contributed by atoms with Crippen LogP contribution in [0.5, 0.6) is 0 Å². The molecule has 0 atom stereocenters. The minimum absolute atomic E-state index is 1.23. The number of fused-ring (bicyclic) bond motifs is 1. The number of hydrogen-bond acceptors (Lipinski definition) is 0. The Kier molecular flexibility index (Phi) is 4.46. The van der Waals surface area contributed by atoms with E-state index in [1.54, 1.807) is 0 Å². The number of rotatable bonds is 0. The summed E-state index contributed by atoms with van der Waals surface area (Å²) in [5.41, 5.74) is 1.23. The van der Waals surface area contributed by atoms with Crippen LogP contribution in [-0.4, -0.2) is 0 Å². The fraction of sp³-hybridized carbons (Fsp3) is 0.0909. The van der Waals surface area contributed by atoms with Gasteiger partial charge in [-0.3, -0.25) is 0 Å². The molecule has 0 N–H and O–H groups in total. The van der Waals surface area contributed by atoms with Gasteiger partial charge >= 0.3 is 27.7 Å². The monoisotopic (exact) mass is 282 g/mol. The number of halogens is 1. The summed E-state index contributed by atoms with van der Waals surface area (Å²) in [5.74, 6) is 0. The van der Waals surface area contributed by atoms with E-state index in [0.29, 0.717) is 0 Å². The third-order valence-electron chi connectivity index (χ3n) is 1.93. The van der Waals surface area contributed by atoms with Crippen molar-refractivity contribution in [1.29, 1.82) is 0 Å². The molecule has 13 heavy (non-hydrogen) atoms. The zero-order chi connectivity index (χ0) is 9.68. The van der Waals surface area contributed by atoms with E-state index in [9.17, 15) is 0 Å². The van der Waals surface area contributed by atoms with E-state index in [1.165, 1.54) is 16.3 Å². The van der Waals surface area contributed by atoms with Crippen LogP contribution in [0.3, 0.4) is 0 Å². The Morgan fingerprint density at radius 3 is 2.54 bits per heavy atom. The molecule has 0 aromatic heterocycles. The van der Waals surface area contributed by atoms with Crippen LogP contribution in [0, 0.1) is 13.0 Å². The second kappa shape index (κ2) is 5.40. The first kappa shape index (κ1) is 10.7. The molecule has 70 valence electrons. The van der Waals surface area contributed by atoms with Crippen LogP contribution in [-0.2, 0) is 18.2 Å². The molecule has 0 saturated carbocycles. The van der Waals surface area contributed by atoms with Gasteiger partial charge in [-0.15, -0.1) is 16.8 Å². The van der Waals surface area contributed by atoms with Gasteiger partial charge in [0, 0.05) is 0 Å². The molecule has 0 fully saturated rings. The van der Waals surface area contributed by atoms with Crippen molar-refractivity contribution in [2.75, 3.05) is 0 Å². The molecule has 2 aromatic carbocycles. The zero-order valence-electron chi connectivity index (χ0n) is 7.16. The van der Waals surface area contributed by atoms with Crippen LogP contribution in [0.1, 0.15) is 5.56 Å². The van der Waals surface area contributed by atoms with Crippen molar-refractivity contribution in [3.63, 3.8) is 0 Å². The predicted molar refractivity (Wildman–Crippen MR) is 53.4 cm³/mol. The fourth-order valence-electron chi connectivity index (χ4n) is 1.32. The summed E-state index contributed by atoms with van der Waals surface area (Å²) in [5, 5.41) is 2.60. The Labute approximate surface area is 93.3 Å². The Bertz CT molecular complexity index is 379. The van der Waals surface area contributed by atoms with Crippen molar-refractivity contribution in [1.82, 2.24) is 0 Å². The van der Waals surface area contributed by atoms with E-state index < -0.39 is 0 Å². The van der Waals surface area contributed by atoms with Crippen LogP contribution in [0.2, 0.25) is 0 Å². The Morgan fingerprint density at radius 2 is 1.85 bits per heavy atom. The quantitative estimate of drug-likeness (QED) is 0.511.